The molecule has 1 aromatic heterocycles. The predicted octanol–water partition coefficient (Wildman–Crippen LogP) is 4.84. The molecule has 0 saturated carbocycles. The lowest BCUT2D eigenvalue weighted by Gasteiger charge is -2.33. The fraction of sp³-hybridized carbons (Fsp3) is 0.312. The summed E-state index contributed by atoms with van der Waals surface area (Å²) in [6.45, 7) is 4.41. The summed E-state index contributed by atoms with van der Waals surface area (Å²) in [4.78, 5) is 28.7. The van der Waals surface area contributed by atoms with Crippen LogP contribution in [0.4, 0.5) is 0 Å². The number of H-pyrrole nitrogens is 1. The number of halogens is 1. The largest absolute Gasteiger partial charge is 0.508 e. The Bertz CT molecular complexity index is 1490. The fourth-order valence-corrected chi connectivity index (χ4v) is 4.93. The van der Waals surface area contributed by atoms with E-state index in [0.717, 1.165) is 40.7 Å². The maximum atomic E-state index is 11.8. The topological polar surface area (TPSA) is 124 Å². The number of fused-ring (bicyclic) bond motifs is 3. The van der Waals surface area contributed by atoms with Gasteiger partial charge in [-0.25, -0.2) is 0 Å². The summed E-state index contributed by atoms with van der Waals surface area (Å²) in [5, 5.41) is 23.3. The van der Waals surface area contributed by atoms with Gasteiger partial charge in [0, 0.05) is 40.6 Å². The maximum Gasteiger partial charge on any atom is 0.222 e. The quantitative estimate of drug-likeness (QED) is 0.206. The van der Waals surface area contributed by atoms with Gasteiger partial charge in [-0.05, 0) is 72.1 Å². The molecule has 0 spiro atoms. The molecule has 4 aromatic rings. The zero-order valence-electron chi connectivity index (χ0n) is 23.8. The van der Waals surface area contributed by atoms with Crippen molar-refractivity contribution in [3.05, 3.63) is 88.6 Å². The van der Waals surface area contributed by atoms with E-state index in [1.54, 1.807) is 50.1 Å². The van der Waals surface area contributed by atoms with E-state index in [4.69, 9.17) is 26.2 Å². The van der Waals surface area contributed by atoms with E-state index in [9.17, 15) is 14.7 Å². The Hall–Kier alpha value is -4.21. The number of aromatic nitrogens is 1. The predicted molar refractivity (Wildman–Crippen MR) is 162 cm³/mol. The SMILES string of the molecule is CC(C)C(=O)NCC(O)COc1ccc(C2c3[nH]c4ccc(Cl)cc4c3CCN2C=O)cc1.COc1ccc(O)cc1. The van der Waals surface area contributed by atoms with Gasteiger partial charge in [0.2, 0.25) is 12.3 Å². The number of nitrogens with zero attached hydrogens (tertiary/aromatic N) is 1. The molecule has 5 rings (SSSR count). The number of hydrogen-bond acceptors (Lipinski definition) is 6. The number of aliphatic hydroxyl groups excluding tert-OH is 1. The van der Waals surface area contributed by atoms with Crippen LogP contribution in [-0.2, 0) is 16.0 Å². The third-order valence-electron chi connectivity index (χ3n) is 7.01. The standard InChI is InChI=1S/C25H28ClN3O4.C7H8O2/c1-15(2)25(32)27-12-18(31)13-33-19-6-3-16(4-7-19)24-23-20(9-10-29(24)14-30)21-11-17(26)5-8-22(21)28-23;1-9-7-4-2-6(8)3-5-7/h3-8,11,14-15,18,24,28,31H,9-10,12-13H2,1-2H3,(H,27,32);2-5,8H,1H3. The van der Waals surface area contributed by atoms with Crippen molar-refractivity contribution in [3.8, 4) is 17.2 Å². The number of methoxy groups -OCH3 is 1. The second-order valence-electron chi connectivity index (χ2n) is 10.3. The van der Waals surface area contributed by atoms with Crippen molar-refractivity contribution in [1.82, 2.24) is 15.2 Å². The highest BCUT2D eigenvalue weighted by atomic mass is 35.5. The van der Waals surface area contributed by atoms with Gasteiger partial charge in [0.05, 0.1) is 13.2 Å². The Morgan fingerprint density at radius 1 is 1.12 bits per heavy atom. The minimum atomic E-state index is -0.808. The summed E-state index contributed by atoms with van der Waals surface area (Å²) < 4.78 is 10.5. The molecule has 1 aliphatic heterocycles. The zero-order valence-corrected chi connectivity index (χ0v) is 24.6. The summed E-state index contributed by atoms with van der Waals surface area (Å²) in [6.07, 6.45) is 0.840. The average Bonchev–Trinajstić information content (AvgIpc) is 3.37. The molecule has 0 bridgehead atoms. The molecule has 2 atom stereocenters. The van der Waals surface area contributed by atoms with E-state index >= 15 is 0 Å². The Balaban J connectivity index is 0.000000385. The summed E-state index contributed by atoms with van der Waals surface area (Å²) in [5.41, 5.74) is 4.14. The molecule has 2 amide bonds. The number of carbonyl (C=O) groups excluding carboxylic acids is 2. The maximum absolute atomic E-state index is 11.8. The molecule has 0 radical (unpaired) electrons. The van der Waals surface area contributed by atoms with Crippen LogP contribution in [0, 0.1) is 5.92 Å². The van der Waals surface area contributed by atoms with Crippen LogP contribution in [0.25, 0.3) is 10.9 Å². The lowest BCUT2D eigenvalue weighted by molar-refractivity contribution is -0.124. The van der Waals surface area contributed by atoms with Crippen molar-refractivity contribution in [2.75, 3.05) is 26.8 Å². The van der Waals surface area contributed by atoms with Gasteiger partial charge in [0.15, 0.2) is 0 Å². The molecule has 0 fully saturated rings. The van der Waals surface area contributed by atoms with Crippen LogP contribution in [0.2, 0.25) is 5.02 Å². The minimum absolute atomic E-state index is 0.0640. The first kappa shape index (κ1) is 30.7. The highest BCUT2D eigenvalue weighted by Gasteiger charge is 2.31. The van der Waals surface area contributed by atoms with E-state index in [1.165, 1.54) is 5.56 Å². The first-order valence-corrected chi connectivity index (χ1v) is 14.1. The number of nitrogens with one attached hydrogen (secondary N) is 2. The number of hydrogen-bond donors (Lipinski definition) is 4. The van der Waals surface area contributed by atoms with Crippen molar-refractivity contribution in [2.45, 2.75) is 32.4 Å². The van der Waals surface area contributed by atoms with Gasteiger partial charge >= 0.3 is 0 Å². The number of aromatic hydroxyl groups is 1. The van der Waals surface area contributed by atoms with Crippen molar-refractivity contribution in [3.63, 3.8) is 0 Å². The number of phenolic OH excluding ortho intramolecular Hbond substituents is 1. The zero-order chi connectivity index (χ0) is 30.2. The molecule has 9 nitrogen and oxygen atoms in total. The minimum Gasteiger partial charge on any atom is -0.508 e. The monoisotopic (exact) mass is 593 g/mol. The second-order valence-corrected chi connectivity index (χ2v) is 10.8. The summed E-state index contributed by atoms with van der Waals surface area (Å²) in [7, 11) is 1.59. The third kappa shape index (κ3) is 7.54. The van der Waals surface area contributed by atoms with Crippen LogP contribution in [0.3, 0.4) is 0 Å². The summed E-state index contributed by atoms with van der Waals surface area (Å²) in [5.74, 6) is 1.38. The van der Waals surface area contributed by atoms with Crippen molar-refractivity contribution >= 4 is 34.8 Å². The Morgan fingerprint density at radius 2 is 1.81 bits per heavy atom. The van der Waals surface area contributed by atoms with Gasteiger partial charge in [0.1, 0.15) is 30.0 Å². The normalized spacial score (nSPS) is 14.9. The number of benzene rings is 3. The Kier molecular flexibility index (Phi) is 10.3. The molecule has 1 aliphatic rings. The molecule has 10 heteroatoms. The van der Waals surface area contributed by atoms with Crippen LogP contribution in [0.5, 0.6) is 17.2 Å². The highest BCUT2D eigenvalue weighted by molar-refractivity contribution is 6.31. The van der Waals surface area contributed by atoms with Gasteiger partial charge in [0.25, 0.3) is 0 Å². The molecular weight excluding hydrogens is 558 g/mol. The molecule has 4 N–H and O–H groups in total. The lowest BCUT2D eigenvalue weighted by atomic mass is 9.93. The number of aliphatic hydroxyl groups is 1. The Labute approximate surface area is 250 Å². The number of rotatable bonds is 9. The molecule has 2 unspecified atom stereocenters. The molecule has 0 saturated heterocycles. The van der Waals surface area contributed by atoms with Crippen molar-refractivity contribution < 1.29 is 29.3 Å². The van der Waals surface area contributed by atoms with E-state index in [2.05, 4.69) is 10.3 Å². The van der Waals surface area contributed by atoms with E-state index in [1.807, 2.05) is 42.5 Å². The van der Waals surface area contributed by atoms with Gasteiger partial charge in [-0.1, -0.05) is 37.6 Å². The number of aromatic amines is 1. The second kappa shape index (κ2) is 14.1. The smallest absolute Gasteiger partial charge is 0.222 e. The van der Waals surface area contributed by atoms with E-state index in [0.29, 0.717) is 17.3 Å². The van der Waals surface area contributed by atoms with Crippen LogP contribution >= 0.6 is 11.6 Å². The molecule has 42 heavy (non-hydrogen) atoms. The van der Waals surface area contributed by atoms with Crippen molar-refractivity contribution in [2.24, 2.45) is 5.92 Å². The number of ether oxygens (including phenoxy) is 2. The van der Waals surface area contributed by atoms with Crippen LogP contribution in [-0.4, -0.2) is 65.3 Å². The average molecular weight is 594 g/mol. The highest BCUT2D eigenvalue weighted by Crippen LogP contribution is 2.38. The number of phenols is 1. The molecule has 222 valence electrons. The number of carbonyl (C=O) groups is 2. The van der Waals surface area contributed by atoms with Crippen molar-refractivity contribution in [1.29, 1.82) is 0 Å². The van der Waals surface area contributed by atoms with E-state index < -0.39 is 6.10 Å². The van der Waals surface area contributed by atoms with E-state index in [-0.39, 0.29) is 36.8 Å². The first-order valence-electron chi connectivity index (χ1n) is 13.7. The lowest BCUT2D eigenvalue weighted by Crippen LogP contribution is -2.37. The summed E-state index contributed by atoms with van der Waals surface area (Å²) >= 11 is 6.21. The van der Waals surface area contributed by atoms with Gasteiger partial charge < -0.3 is 34.9 Å². The number of amides is 2. The molecule has 3 aromatic carbocycles. The summed E-state index contributed by atoms with van der Waals surface area (Å²) in [6, 6.07) is 19.6. The van der Waals surface area contributed by atoms with Crippen LogP contribution in [0.1, 0.15) is 36.7 Å². The van der Waals surface area contributed by atoms with Gasteiger partial charge in [-0.2, -0.15) is 0 Å². The Morgan fingerprint density at radius 3 is 2.45 bits per heavy atom. The molecule has 0 aliphatic carbocycles. The third-order valence-corrected chi connectivity index (χ3v) is 7.24. The van der Waals surface area contributed by atoms with Crippen LogP contribution in [0.15, 0.2) is 66.7 Å². The van der Waals surface area contributed by atoms with Crippen LogP contribution < -0.4 is 14.8 Å². The van der Waals surface area contributed by atoms with Gasteiger partial charge in [-0.15, -0.1) is 0 Å². The molecular formula is C32H36ClN3O6. The van der Waals surface area contributed by atoms with Gasteiger partial charge in [-0.3, -0.25) is 9.59 Å². The fourth-order valence-electron chi connectivity index (χ4n) is 4.75. The molecule has 2 heterocycles. The first-order chi connectivity index (χ1) is 20.2.